The molecular formula is C25H29F3N6O. The number of hydrogen-bond donors (Lipinski definition) is 1. The SMILES string of the molecule is CCc1nc2n(c1C(=O)NCc1ccc(-c3nc4n(n3)CCC(C(F)(F)F)C4)cc1)C[C@H](C)CC2. The highest BCUT2D eigenvalue weighted by Gasteiger charge is 2.42. The van der Waals surface area contributed by atoms with Gasteiger partial charge in [-0.2, -0.15) is 18.3 Å². The maximum atomic E-state index is 13.1. The summed E-state index contributed by atoms with van der Waals surface area (Å²) in [6, 6.07) is 7.43. The third-order valence-electron chi connectivity index (χ3n) is 7.02. The Morgan fingerprint density at radius 3 is 2.63 bits per heavy atom. The molecule has 1 aromatic carbocycles. The van der Waals surface area contributed by atoms with Crippen molar-refractivity contribution in [2.45, 2.75) is 71.8 Å². The number of alkyl halides is 3. The lowest BCUT2D eigenvalue weighted by Gasteiger charge is -2.24. The number of halogens is 3. The van der Waals surface area contributed by atoms with E-state index in [1.54, 1.807) is 4.68 Å². The van der Waals surface area contributed by atoms with Crippen molar-refractivity contribution in [3.8, 4) is 11.4 Å². The minimum Gasteiger partial charge on any atom is -0.347 e. The van der Waals surface area contributed by atoms with Crippen LogP contribution < -0.4 is 5.32 Å². The van der Waals surface area contributed by atoms with Gasteiger partial charge in [-0.25, -0.2) is 14.6 Å². The van der Waals surface area contributed by atoms with Gasteiger partial charge in [0.2, 0.25) is 0 Å². The second-order valence-corrected chi connectivity index (χ2v) is 9.62. The van der Waals surface area contributed by atoms with Gasteiger partial charge in [0.05, 0.1) is 11.6 Å². The van der Waals surface area contributed by atoms with E-state index in [0.29, 0.717) is 36.2 Å². The number of carbonyl (C=O) groups excluding carboxylic acids is 1. The standard InChI is InChI=1S/C25H29F3N6O/c1-3-19-22(33-14-15(2)4-9-20(33)30-19)24(35)29-13-16-5-7-17(8-6-16)23-31-21-12-18(25(26,27)28)10-11-34(21)32-23/h5-8,15,18H,3-4,9-14H2,1-2H3,(H,29,35)/t15-,18?/m1/s1. The molecule has 0 saturated heterocycles. The van der Waals surface area contributed by atoms with Crippen LogP contribution in [0.5, 0.6) is 0 Å². The van der Waals surface area contributed by atoms with Crippen LogP contribution >= 0.6 is 0 Å². The van der Waals surface area contributed by atoms with Crippen molar-refractivity contribution in [2.75, 3.05) is 0 Å². The predicted octanol–water partition coefficient (Wildman–Crippen LogP) is 4.34. The number of hydrogen-bond acceptors (Lipinski definition) is 4. The molecule has 7 nitrogen and oxygen atoms in total. The van der Waals surface area contributed by atoms with Crippen molar-refractivity contribution in [1.29, 1.82) is 0 Å². The number of amides is 1. The largest absolute Gasteiger partial charge is 0.392 e. The number of nitrogens with zero attached hydrogens (tertiary/aromatic N) is 5. The summed E-state index contributed by atoms with van der Waals surface area (Å²) in [6.07, 6.45) is -1.64. The molecule has 2 aliphatic rings. The molecule has 1 N–H and O–H groups in total. The Kier molecular flexibility index (Phi) is 6.14. The lowest BCUT2D eigenvalue weighted by Crippen LogP contribution is -2.31. The smallest absolute Gasteiger partial charge is 0.347 e. The topological polar surface area (TPSA) is 77.6 Å². The normalized spacial score (nSPS) is 19.8. The molecule has 0 spiro atoms. The number of aromatic nitrogens is 5. The van der Waals surface area contributed by atoms with Crippen LogP contribution in [0.2, 0.25) is 0 Å². The highest BCUT2D eigenvalue weighted by atomic mass is 19.4. The first-order valence-corrected chi connectivity index (χ1v) is 12.2. The van der Waals surface area contributed by atoms with E-state index in [1.165, 1.54) is 0 Å². The molecule has 186 valence electrons. The van der Waals surface area contributed by atoms with Gasteiger partial charge in [0, 0.05) is 38.0 Å². The molecule has 1 amide bonds. The van der Waals surface area contributed by atoms with Crippen molar-refractivity contribution < 1.29 is 18.0 Å². The molecule has 0 bridgehead atoms. The lowest BCUT2D eigenvalue weighted by molar-refractivity contribution is -0.179. The number of nitrogens with one attached hydrogen (secondary N) is 1. The summed E-state index contributed by atoms with van der Waals surface area (Å²) in [5.41, 5.74) is 3.14. The Hall–Kier alpha value is -3.17. The van der Waals surface area contributed by atoms with Crippen molar-refractivity contribution in [3.05, 3.63) is 52.9 Å². The Labute approximate surface area is 201 Å². The Morgan fingerprint density at radius 2 is 1.91 bits per heavy atom. The average molecular weight is 487 g/mol. The van der Waals surface area contributed by atoms with E-state index in [9.17, 15) is 18.0 Å². The first-order chi connectivity index (χ1) is 16.7. The zero-order valence-electron chi connectivity index (χ0n) is 19.9. The molecular weight excluding hydrogens is 457 g/mol. The zero-order valence-corrected chi connectivity index (χ0v) is 19.9. The average Bonchev–Trinajstić information content (AvgIpc) is 3.42. The van der Waals surface area contributed by atoms with Crippen LogP contribution in [0.1, 0.15) is 60.1 Å². The molecule has 35 heavy (non-hydrogen) atoms. The molecule has 0 radical (unpaired) electrons. The van der Waals surface area contributed by atoms with E-state index < -0.39 is 12.1 Å². The lowest BCUT2D eigenvalue weighted by atomic mass is 9.98. The monoisotopic (exact) mass is 486 g/mol. The first-order valence-electron chi connectivity index (χ1n) is 12.2. The first kappa shape index (κ1) is 23.6. The van der Waals surface area contributed by atoms with Gasteiger partial charge in [0.1, 0.15) is 17.3 Å². The Morgan fingerprint density at radius 1 is 1.14 bits per heavy atom. The van der Waals surface area contributed by atoms with Crippen LogP contribution in [0.4, 0.5) is 13.2 Å². The van der Waals surface area contributed by atoms with Crippen LogP contribution in [0.3, 0.4) is 0 Å². The van der Waals surface area contributed by atoms with Crippen molar-refractivity contribution >= 4 is 5.91 Å². The van der Waals surface area contributed by atoms with Crippen LogP contribution in [0.25, 0.3) is 11.4 Å². The van der Waals surface area contributed by atoms with Crippen LogP contribution in [0.15, 0.2) is 24.3 Å². The van der Waals surface area contributed by atoms with Crippen LogP contribution in [-0.4, -0.2) is 36.4 Å². The molecule has 2 atom stereocenters. The van der Waals surface area contributed by atoms with E-state index in [0.717, 1.165) is 42.0 Å². The number of benzene rings is 1. The Bertz CT molecular complexity index is 1230. The summed E-state index contributed by atoms with van der Waals surface area (Å²) in [5, 5.41) is 7.42. The fourth-order valence-corrected chi connectivity index (χ4v) is 4.96. The van der Waals surface area contributed by atoms with Gasteiger partial charge in [-0.15, -0.1) is 0 Å². The summed E-state index contributed by atoms with van der Waals surface area (Å²) in [6.45, 7) is 5.59. The molecule has 2 aromatic heterocycles. The third-order valence-corrected chi connectivity index (χ3v) is 7.02. The van der Waals surface area contributed by atoms with Crippen LogP contribution in [-0.2, 0) is 38.9 Å². The number of imidazole rings is 1. The van der Waals surface area contributed by atoms with E-state index in [1.807, 2.05) is 31.2 Å². The quantitative estimate of drug-likeness (QED) is 0.582. The second kappa shape index (κ2) is 9.13. The predicted molar refractivity (Wildman–Crippen MR) is 124 cm³/mol. The minimum atomic E-state index is -4.21. The van der Waals surface area contributed by atoms with Gasteiger partial charge in [0.15, 0.2) is 5.82 Å². The highest BCUT2D eigenvalue weighted by Crippen LogP contribution is 2.35. The van der Waals surface area contributed by atoms with Gasteiger partial charge in [0.25, 0.3) is 5.91 Å². The summed E-state index contributed by atoms with van der Waals surface area (Å²) >= 11 is 0. The second-order valence-electron chi connectivity index (χ2n) is 9.62. The van der Waals surface area contributed by atoms with Crippen molar-refractivity contribution in [3.63, 3.8) is 0 Å². The summed E-state index contributed by atoms with van der Waals surface area (Å²) in [7, 11) is 0. The molecule has 2 aliphatic heterocycles. The fourth-order valence-electron chi connectivity index (χ4n) is 4.96. The van der Waals surface area contributed by atoms with Crippen LogP contribution in [0, 0.1) is 11.8 Å². The fraction of sp³-hybridized carbons (Fsp3) is 0.520. The molecule has 0 aliphatic carbocycles. The summed E-state index contributed by atoms with van der Waals surface area (Å²) < 4.78 is 42.9. The van der Waals surface area contributed by atoms with E-state index in [2.05, 4.69) is 26.9 Å². The zero-order chi connectivity index (χ0) is 24.7. The molecule has 0 fully saturated rings. The van der Waals surface area contributed by atoms with E-state index >= 15 is 0 Å². The number of aryl methyl sites for hydroxylation is 3. The molecule has 3 aromatic rings. The molecule has 0 saturated carbocycles. The third kappa shape index (κ3) is 4.70. The van der Waals surface area contributed by atoms with Gasteiger partial charge in [-0.1, -0.05) is 38.1 Å². The number of fused-ring (bicyclic) bond motifs is 2. The Balaban J connectivity index is 1.26. The van der Waals surface area contributed by atoms with Crippen molar-refractivity contribution in [1.82, 2.24) is 29.6 Å². The van der Waals surface area contributed by atoms with Gasteiger partial charge in [-0.05, 0) is 30.7 Å². The van der Waals surface area contributed by atoms with Gasteiger partial charge < -0.3 is 9.88 Å². The highest BCUT2D eigenvalue weighted by molar-refractivity contribution is 5.94. The maximum absolute atomic E-state index is 13.1. The summed E-state index contributed by atoms with van der Waals surface area (Å²) in [5.74, 6) is 0.812. The minimum absolute atomic E-state index is 0.0248. The number of carbonyl (C=O) groups is 1. The van der Waals surface area contributed by atoms with Gasteiger partial charge >= 0.3 is 6.18 Å². The maximum Gasteiger partial charge on any atom is 0.392 e. The molecule has 5 rings (SSSR count). The summed E-state index contributed by atoms with van der Waals surface area (Å²) in [4.78, 5) is 22.1. The van der Waals surface area contributed by atoms with Crippen molar-refractivity contribution in [2.24, 2.45) is 11.8 Å². The number of rotatable bonds is 5. The van der Waals surface area contributed by atoms with Gasteiger partial charge in [-0.3, -0.25) is 4.79 Å². The van der Waals surface area contributed by atoms with E-state index in [4.69, 9.17) is 4.98 Å². The molecule has 4 heterocycles. The molecule has 1 unspecified atom stereocenters. The van der Waals surface area contributed by atoms with E-state index in [-0.39, 0.29) is 25.3 Å². The molecule has 10 heteroatoms.